The minimum atomic E-state index is -0.323. The Kier molecular flexibility index (Phi) is 4.60. The first kappa shape index (κ1) is 13.8. The van der Waals surface area contributed by atoms with Crippen molar-refractivity contribution in [2.24, 2.45) is 0 Å². The van der Waals surface area contributed by atoms with Crippen LogP contribution >= 0.6 is 24.0 Å². The highest BCUT2D eigenvalue weighted by Gasteiger charge is 2.28. The number of hydrogen-bond acceptors (Lipinski definition) is 1. The van der Waals surface area contributed by atoms with Gasteiger partial charge in [-0.05, 0) is 50.4 Å². The molecule has 0 radical (unpaired) electrons. The number of halogens is 3. The highest BCUT2D eigenvalue weighted by Crippen LogP contribution is 2.25. The molecule has 2 rings (SSSR count). The predicted octanol–water partition coefficient (Wildman–Crippen LogP) is 3.59. The van der Waals surface area contributed by atoms with Crippen LogP contribution in [0.5, 0.6) is 0 Å². The molecule has 4 heteroatoms. The SMILES string of the molecule is CC1(Cc2ccc(Cl)c(F)c2)CCCN1.Cl. The summed E-state index contributed by atoms with van der Waals surface area (Å²) in [5, 5.41) is 3.66. The molecule has 0 bridgehead atoms. The van der Waals surface area contributed by atoms with Gasteiger partial charge in [-0.3, -0.25) is 0 Å². The Morgan fingerprint density at radius 2 is 2.25 bits per heavy atom. The van der Waals surface area contributed by atoms with Gasteiger partial charge in [0.2, 0.25) is 0 Å². The average Bonchev–Trinajstić information content (AvgIpc) is 2.59. The zero-order chi connectivity index (χ0) is 10.9. The fraction of sp³-hybridized carbons (Fsp3) is 0.500. The molecule has 1 nitrogen and oxygen atoms in total. The van der Waals surface area contributed by atoms with Gasteiger partial charge >= 0.3 is 0 Å². The van der Waals surface area contributed by atoms with Crippen LogP contribution < -0.4 is 5.32 Å². The van der Waals surface area contributed by atoms with Crippen LogP contribution in [0.4, 0.5) is 4.39 Å². The molecule has 90 valence electrons. The first-order chi connectivity index (χ1) is 7.09. The van der Waals surface area contributed by atoms with Crippen LogP contribution in [-0.4, -0.2) is 12.1 Å². The van der Waals surface area contributed by atoms with E-state index in [0.717, 1.165) is 24.9 Å². The highest BCUT2D eigenvalue weighted by atomic mass is 35.5. The molecule has 0 amide bonds. The van der Waals surface area contributed by atoms with Gasteiger partial charge in [-0.2, -0.15) is 0 Å². The Hall–Kier alpha value is -0.310. The molecule has 1 atom stereocenters. The van der Waals surface area contributed by atoms with Gasteiger partial charge in [0.15, 0.2) is 0 Å². The van der Waals surface area contributed by atoms with E-state index in [4.69, 9.17) is 11.6 Å². The summed E-state index contributed by atoms with van der Waals surface area (Å²) in [5.41, 5.74) is 1.13. The highest BCUT2D eigenvalue weighted by molar-refractivity contribution is 6.30. The Balaban J connectivity index is 0.00000128. The third-order valence-corrected chi connectivity index (χ3v) is 3.34. The lowest BCUT2D eigenvalue weighted by Gasteiger charge is -2.24. The summed E-state index contributed by atoms with van der Waals surface area (Å²) in [5.74, 6) is -0.323. The van der Waals surface area contributed by atoms with Gasteiger partial charge in [-0.1, -0.05) is 17.7 Å². The van der Waals surface area contributed by atoms with Crippen LogP contribution in [0, 0.1) is 5.82 Å². The van der Waals surface area contributed by atoms with Crippen molar-refractivity contribution in [3.8, 4) is 0 Å². The van der Waals surface area contributed by atoms with Gasteiger partial charge in [0, 0.05) is 5.54 Å². The molecule has 16 heavy (non-hydrogen) atoms. The van der Waals surface area contributed by atoms with E-state index < -0.39 is 0 Å². The maximum absolute atomic E-state index is 13.2. The molecule has 0 aromatic heterocycles. The van der Waals surface area contributed by atoms with Crippen molar-refractivity contribution in [3.05, 3.63) is 34.6 Å². The van der Waals surface area contributed by atoms with E-state index in [2.05, 4.69) is 12.2 Å². The smallest absolute Gasteiger partial charge is 0.142 e. The minimum Gasteiger partial charge on any atom is -0.311 e. The molecule has 1 saturated heterocycles. The third-order valence-electron chi connectivity index (χ3n) is 3.04. The molecule has 1 N–H and O–H groups in total. The normalized spacial score (nSPS) is 24.2. The maximum atomic E-state index is 13.2. The summed E-state index contributed by atoms with van der Waals surface area (Å²) < 4.78 is 13.2. The van der Waals surface area contributed by atoms with Crippen molar-refractivity contribution in [3.63, 3.8) is 0 Å². The lowest BCUT2D eigenvalue weighted by molar-refractivity contribution is 0.412. The second-order valence-corrected chi connectivity index (χ2v) is 4.92. The summed E-state index contributed by atoms with van der Waals surface area (Å²) in [4.78, 5) is 0. The van der Waals surface area contributed by atoms with E-state index in [0.29, 0.717) is 0 Å². The topological polar surface area (TPSA) is 12.0 Å². The second kappa shape index (κ2) is 5.35. The van der Waals surface area contributed by atoms with Crippen LogP contribution in [0.15, 0.2) is 18.2 Å². The largest absolute Gasteiger partial charge is 0.311 e. The van der Waals surface area contributed by atoms with Crippen molar-refractivity contribution in [2.75, 3.05) is 6.54 Å². The molecule has 1 aliphatic rings. The minimum absolute atomic E-state index is 0. The zero-order valence-electron chi connectivity index (χ0n) is 9.22. The van der Waals surface area contributed by atoms with Gasteiger partial charge in [0.25, 0.3) is 0 Å². The predicted molar refractivity (Wildman–Crippen MR) is 68.0 cm³/mol. The van der Waals surface area contributed by atoms with Crippen LogP contribution in [-0.2, 0) is 6.42 Å². The quantitative estimate of drug-likeness (QED) is 0.860. The first-order valence-corrected chi connectivity index (χ1v) is 5.66. The van der Waals surface area contributed by atoms with Gasteiger partial charge in [0.1, 0.15) is 5.82 Å². The van der Waals surface area contributed by atoms with Crippen molar-refractivity contribution in [2.45, 2.75) is 31.7 Å². The van der Waals surface area contributed by atoms with E-state index in [1.54, 1.807) is 6.07 Å². The lowest BCUT2D eigenvalue weighted by Crippen LogP contribution is -2.38. The molecule has 1 aromatic rings. The van der Waals surface area contributed by atoms with Crippen LogP contribution in [0.3, 0.4) is 0 Å². The van der Waals surface area contributed by atoms with Crippen LogP contribution in [0.25, 0.3) is 0 Å². The van der Waals surface area contributed by atoms with Gasteiger partial charge in [0.05, 0.1) is 5.02 Å². The molecule has 1 aliphatic heterocycles. The van der Waals surface area contributed by atoms with Crippen LogP contribution in [0.2, 0.25) is 5.02 Å². The third kappa shape index (κ3) is 3.09. The summed E-state index contributed by atoms with van der Waals surface area (Å²) in [7, 11) is 0. The molecule has 1 unspecified atom stereocenters. The molecule has 1 heterocycles. The van der Waals surface area contributed by atoms with Crippen molar-refractivity contribution in [1.29, 1.82) is 0 Å². The van der Waals surface area contributed by atoms with E-state index in [1.165, 1.54) is 12.5 Å². The maximum Gasteiger partial charge on any atom is 0.142 e. The molecular formula is C12H16Cl2FN. The number of rotatable bonds is 2. The Morgan fingerprint density at radius 3 is 2.81 bits per heavy atom. The van der Waals surface area contributed by atoms with E-state index in [1.807, 2.05) is 6.07 Å². The number of nitrogens with one attached hydrogen (secondary N) is 1. The lowest BCUT2D eigenvalue weighted by atomic mass is 9.91. The number of hydrogen-bond donors (Lipinski definition) is 1. The molecule has 0 saturated carbocycles. The van der Waals surface area contributed by atoms with Gasteiger partial charge in [-0.25, -0.2) is 4.39 Å². The zero-order valence-corrected chi connectivity index (χ0v) is 10.8. The van der Waals surface area contributed by atoms with Crippen LogP contribution in [0.1, 0.15) is 25.3 Å². The Bertz CT molecular complexity index is 362. The molecular weight excluding hydrogens is 248 g/mol. The fourth-order valence-corrected chi connectivity index (χ4v) is 2.33. The van der Waals surface area contributed by atoms with E-state index in [9.17, 15) is 4.39 Å². The molecule has 1 aromatic carbocycles. The summed E-state index contributed by atoms with van der Waals surface area (Å²) >= 11 is 5.64. The Labute approximate surface area is 107 Å². The Morgan fingerprint density at radius 1 is 1.50 bits per heavy atom. The van der Waals surface area contributed by atoms with Gasteiger partial charge < -0.3 is 5.32 Å². The summed E-state index contributed by atoms with van der Waals surface area (Å²) in [6.07, 6.45) is 3.21. The standard InChI is InChI=1S/C12H15ClFN.ClH/c1-12(5-2-6-15-12)8-9-3-4-10(13)11(14)7-9;/h3-4,7,15H,2,5-6,8H2,1H3;1H. The van der Waals surface area contributed by atoms with Crippen molar-refractivity contribution >= 4 is 24.0 Å². The van der Waals surface area contributed by atoms with E-state index >= 15 is 0 Å². The first-order valence-electron chi connectivity index (χ1n) is 5.28. The fourth-order valence-electron chi connectivity index (χ4n) is 2.21. The van der Waals surface area contributed by atoms with Crippen molar-refractivity contribution in [1.82, 2.24) is 5.32 Å². The van der Waals surface area contributed by atoms with Gasteiger partial charge in [-0.15, -0.1) is 12.4 Å². The average molecular weight is 264 g/mol. The van der Waals surface area contributed by atoms with E-state index in [-0.39, 0.29) is 28.8 Å². The molecule has 1 fully saturated rings. The summed E-state index contributed by atoms with van der Waals surface area (Å²) in [6.45, 7) is 3.25. The summed E-state index contributed by atoms with van der Waals surface area (Å²) in [6, 6.07) is 5.06. The molecule has 0 spiro atoms. The molecule has 0 aliphatic carbocycles. The van der Waals surface area contributed by atoms with Crippen molar-refractivity contribution < 1.29 is 4.39 Å². The second-order valence-electron chi connectivity index (χ2n) is 4.52. The monoisotopic (exact) mass is 263 g/mol. The number of benzene rings is 1.